The first kappa shape index (κ1) is 12.3. The van der Waals surface area contributed by atoms with Crippen molar-refractivity contribution < 1.29 is 14.3 Å². The van der Waals surface area contributed by atoms with Crippen molar-refractivity contribution in [2.24, 2.45) is 0 Å². The van der Waals surface area contributed by atoms with E-state index in [0.717, 1.165) is 34.9 Å². The van der Waals surface area contributed by atoms with Crippen LogP contribution < -0.4 is 0 Å². The lowest BCUT2D eigenvalue weighted by molar-refractivity contribution is 0.0663. The Bertz CT molecular complexity index is 660. The zero-order valence-electron chi connectivity index (χ0n) is 11.5. The molecule has 1 aliphatic carbocycles. The van der Waals surface area contributed by atoms with Gasteiger partial charge >= 0.3 is 5.97 Å². The molecule has 1 saturated carbocycles. The van der Waals surface area contributed by atoms with Crippen LogP contribution in [0, 0.1) is 6.92 Å². The summed E-state index contributed by atoms with van der Waals surface area (Å²) in [5.41, 5.74) is 3.88. The highest BCUT2D eigenvalue weighted by Gasteiger charge is 2.34. The first-order chi connectivity index (χ1) is 9.00. The van der Waals surface area contributed by atoms with Crippen molar-refractivity contribution in [2.75, 3.05) is 0 Å². The van der Waals surface area contributed by atoms with Gasteiger partial charge in [-0.25, -0.2) is 4.79 Å². The van der Waals surface area contributed by atoms with Crippen LogP contribution in [0.15, 0.2) is 16.5 Å². The number of benzene rings is 1. The monoisotopic (exact) mass is 258 g/mol. The molecule has 0 amide bonds. The third-order valence-electron chi connectivity index (χ3n) is 3.91. The summed E-state index contributed by atoms with van der Waals surface area (Å²) >= 11 is 0. The van der Waals surface area contributed by atoms with Crippen molar-refractivity contribution in [1.29, 1.82) is 0 Å². The second-order valence-corrected chi connectivity index (χ2v) is 5.75. The van der Waals surface area contributed by atoms with Crippen molar-refractivity contribution in [3.63, 3.8) is 0 Å². The van der Waals surface area contributed by atoms with Crippen LogP contribution in [0.1, 0.15) is 65.8 Å². The van der Waals surface area contributed by atoms with Crippen LogP contribution in [0.5, 0.6) is 0 Å². The van der Waals surface area contributed by atoms with Gasteiger partial charge in [-0.1, -0.05) is 26.0 Å². The Labute approximate surface area is 112 Å². The second-order valence-electron chi connectivity index (χ2n) is 5.75. The minimum Gasteiger partial charge on any atom is -0.475 e. The molecular weight excluding hydrogens is 240 g/mol. The summed E-state index contributed by atoms with van der Waals surface area (Å²) in [5.74, 6) is -0.0765. The highest BCUT2D eigenvalue weighted by molar-refractivity contribution is 5.98. The van der Waals surface area contributed by atoms with E-state index < -0.39 is 5.97 Å². The van der Waals surface area contributed by atoms with Crippen LogP contribution in [-0.4, -0.2) is 11.1 Å². The van der Waals surface area contributed by atoms with Crippen molar-refractivity contribution in [1.82, 2.24) is 0 Å². The van der Waals surface area contributed by atoms with E-state index in [-0.39, 0.29) is 5.76 Å². The largest absolute Gasteiger partial charge is 0.475 e. The van der Waals surface area contributed by atoms with Crippen molar-refractivity contribution >= 4 is 16.9 Å². The van der Waals surface area contributed by atoms with E-state index in [0.29, 0.717) is 11.8 Å². The lowest BCUT2D eigenvalue weighted by Crippen LogP contribution is -1.98. The average molecular weight is 258 g/mol. The van der Waals surface area contributed by atoms with Crippen LogP contribution in [-0.2, 0) is 0 Å². The van der Waals surface area contributed by atoms with Gasteiger partial charge in [-0.3, -0.25) is 0 Å². The molecule has 1 heterocycles. The first-order valence-electron chi connectivity index (χ1n) is 6.80. The normalized spacial score (nSPS) is 15.4. The Balaban J connectivity index is 2.41. The fourth-order valence-electron chi connectivity index (χ4n) is 2.78. The molecule has 2 aromatic rings. The van der Waals surface area contributed by atoms with Gasteiger partial charge in [0.25, 0.3) is 0 Å². The first-order valence-corrected chi connectivity index (χ1v) is 6.80. The smallest absolute Gasteiger partial charge is 0.372 e. The van der Waals surface area contributed by atoms with E-state index in [1.54, 1.807) is 0 Å². The number of carboxylic acids is 1. The molecule has 0 spiro atoms. The summed E-state index contributed by atoms with van der Waals surface area (Å²) in [6.07, 6.45) is 2.14. The van der Waals surface area contributed by atoms with E-state index >= 15 is 0 Å². The molecule has 100 valence electrons. The molecule has 0 unspecified atom stereocenters. The van der Waals surface area contributed by atoms with E-state index in [1.807, 2.05) is 13.0 Å². The van der Waals surface area contributed by atoms with Gasteiger partial charge < -0.3 is 9.52 Å². The molecule has 3 heteroatoms. The van der Waals surface area contributed by atoms with E-state index in [4.69, 9.17) is 4.42 Å². The zero-order chi connectivity index (χ0) is 13.7. The van der Waals surface area contributed by atoms with E-state index in [9.17, 15) is 9.90 Å². The Hall–Kier alpha value is -1.77. The molecule has 0 bridgehead atoms. The molecule has 19 heavy (non-hydrogen) atoms. The summed E-state index contributed by atoms with van der Waals surface area (Å²) < 4.78 is 5.68. The molecule has 1 aliphatic rings. The maximum absolute atomic E-state index is 11.4. The highest BCUT2D eigenvalue weighted by Crippen LogP contribution is 2.48. The van der Waals surface area contributed by atoms with Crippen LogP contribution in [0.2, 0.25) is 0 Å². The van der Waals surface area contributed by atoms with E-state index in [2.05, 4.69) is 19.9 Å². The third-order valence-corrected chi connectivity index (χ3v) is 3.91. The van der Waals surface area contributed by atoms with Gasteiger partial charge in [0.15, 0.2) is 0 Å². The second kappa shape index (κ2) is 4.12. The van der Waals surface area contributed by atoms with Gasteiger partial charge in [0.05, 0.1) is 0 Å². The number of aryl methyl sites for hydroxylation is 1. The number of hydrogen-bond donors (Lipinski definition) is 1. The molecule has 1 fully saturated rings. The Morgan fingerprint density at radius 3 is 2.58 bits per heavy atom. The number of carbonyl (C=O) groups is 1. The standard InChI is InChI=1S/C16H18O3/c1-8(2)11-7-4-9(3)14-13(11)12(10-5-6-10)15(19-14)16(17)18/h4,7-8,10H,5-6H2,1-3H3,(H,17,18). The lowest BCUT2D eigenvalue weighted by atomic mass is 9.93. The van der Waals surface area contributed by atoms with Crippen molar-refractivity contribution in [3.8, 4) is 0 Å². The fourth-order valence-corrected chi connectivity index (χ4v) is 2.78. The minimum atomic E-state index is -0.952. The molecule has 0 radical (unpaired) electrons. The molecule has 1 aromatic heterocycles. The maximum atomic E-state index is 11.4. The number of aromatic carboxylic acids is 1. The van der Waals surface area contributed by atoms with Gasteiger partial charge in [-0.15, -0.1) is 0 Å². The van der Waals surface area contributed by atoms with E-state index in [1.165, 1.54) is 5.56 Å². The highest BCUT2D eigenvalue weighted by atomic mass is 16.4. The van der Waals surface area contributed by atoms with Gasteiger partial charge in [0, 0.05) is 10.9 Å². The lowest BCUT2D eigenvalue weighted by Gasteiger charge is -2.09. The number of rotatable bonds is 3. The molecular formula is C16H18O3. The molecule has 1 aromatic carbocycles. The SMILES string of the molecule is Cc1ccc(C(C)C)c2c(C3CC3)c(C(=O)O)oc12. The Morgan fingerprint density at radius 1 is 1.37 bits per heavy atom. The zero-order valence-corrected chi connectivity index (χ0v) is 11.5. The molecule has 0 atom stereocenters. The molecule has 3 rings (SSSR count). The Morgan fingerprint density at radius 2 is 2.05 bits per heavy atom. The quantitative estimate of drug-likeness (QED) is 0.885. The summed E-state index contributed by atoms with van der Waals surface area (Å²) in [6, 6.07) is 4.12. The maximum Gasteiger partial charge on any atom is 0.372 e. The summed E-state index contributed by atoms with van der Waals surface area (Å²) in [7, 11) is 0. The predicted molar refractivity (Wildman–Crippen MR) is 74.0 cm³/mol. The fraction of sp³-hybridized carbons (Fsp3) is 0.438. The van der Waals surface area contributed by atoms with Crippen molar-refractivity contribution in [3.05, 3.63) is 34.6 Å². The molecule has 0 saturated heterocycles. The van der Waals surface area contributed by atoms with Crippen LogP contribution in [0.4, 0.5) is 0 Å². The minimum absolute atomic E-state index is 0.147. The topological polar surface area (TPSA) is 50.4 Å². The Kier molecular flexibility index (Phi) is 2.66. The summed E-state index contributed by atoms with van der Waals surface area (Å²) in [6.45, 7) is 6.24. The molecule has 1 N–H and O–H groups in total. The average Bonchev–Trinajstić information content (AvgIpc) is 3.09. The third kappa shape index (κ3) is 1.84. The van der Waals surface area contributed by atoms with Crippen LogP contribution >= 0.6 is 0 Å². The molecule has 3 nitrogen and oxygen atoms in total. The summed E-state index contributed by atoms with van der Waals surface area (Å²) in [4.78, 5) is 11.4. The van der Waals surface area contributed by atoms with Gasteiger partial charge in [0.2, 0.25) is 5.76 Å². The number of furan rings is 1. The number of fused-ring (bicyclic) bond motifs is 1. The molecule has 0 aliphatic heterocycles. The van der Waals surface area contributed by atoms with Gasteiger partial charge in [-0.05, 0) is 42.7 Å². The van der Waals surface area contributed by atoms with Crippen LogP contribution in [0.25, 0.3) is 11.0 Å². The summed E-state index contributed by atoms with van der Waals surface area (Å²) in [5, 5.41) is 10.4. The van der Waals surface area contributed by atoms with Crippen LogP contribution in [0.3, 0.4) is 0 Å². The number of hydrogen-bond acceptors (Lipinski definition) is 2. The predicted octanol–water partition coefficient (Wildman–Crippen LogP) is 4.44. The number of carboxylic acid groups (broad SMARTS) is 1. The van der Waals surface area contributed by atoms with Gasteiger partial charge in [0.1, 0.15) is 5.58 Å². The van der Waals surface area contributed by atoms with Gasteiger partial charge in [-0.2, -0.15) is 0 Å². The van der Waals surface area contributed by atoms with Crippen molar-refractivity contribution in [2.45, 2.75) is 45.4 Å².